The maximum Gasteiger partial charge on any atom is 0.346 e. The van der Waals surface area contributed by atoms with Crippen LogP contribution in [0.3, 0.4) is 0 Å². The van der Waals surface area contributed by atoms with E-state index in [4.69, 9.17) is 10.2 Å². The monoisotopic (exact) mass is 263 g/mol. The van der Waals surface area contributed by atoms with Crippen molar-refractivity contribution in [3.63, 3.8) is 0 Å². The van der Waals surface area contributed by atoms with Gasteiger partial charge in [-0.15, -0.1) is 11.3 Å². The van der Waals surface area contributed by atoms with Crippen LogP contribution in [-0.4, -0.2) is 19.5 Å². The molecule has 1 aromatic heterocycles. The Balaban J connectivity index is 3.37. The predicted molar refractivity (Wildman–Crippen MR) is 61.4 cm³/mol. The highest BCUT2D eigenvalue weighted by molar-refractivity contribution is 7.91. The van der Waals surface area contributed by atoms with Gasteiger partial charge in [-0.05, 0) is 24.0 Å². The van der Waals surface area contributed by atoms with Gasteiger partial charge in [-0.3, -0.25) is 0 Å². The molecular weight excluding hydrogens is 250 g/mol. The minimum atomic E-state index is -3.82. The molecule has 90 valence electrons. The molecule has 3 N–H and O–H groups in total. The summed E-state index contributed by atoms with van der Waals surface area (Å²) >= 11 is 0.706. The second-order valence-corrected chi connectivity index (χ2v) is 6.35. The molecule has 0 spiro atoms. The third-order valence-corrected chi connectivity index (χ3v) is 4.92. The molecule has 0 aliphatic carbocycles. The first-order chi connectivity index (χ1) is 7.27. The predicted octanol–water partition coefficient (Wildman–Crippen LogP) is 1.61. The van der Waals surface area contributed by atoms with Crippen molar-refractivity contribution in [3.05, 3.63) is 16.5 Å². The fraction of sp³-hybridized carbons (Fsp3) is 0.444. The van der Waals surface area contributed by atoms with Crippen LogP contribution >= 0.6 is 11.3 Å². The van der Waals surface area contributed by atoms with Gasteiger partial charge in [0, 0.05) is 0 Å². The fourth-order valence-corrected chi connectivity index (χ4v) is 3.13. The van der Waals surface area contributed by atoms with Gasteiger partial charge in [-0.25, -0.2) is 18.4 Å². The number of hydrogen-bond donors (Lipinski definition) is 2. The molecule has 0 radical (unpaired) electrons. The number of thiophene rings is 1. The molecule has 0 aromatic carbocycles. The number of sulfonamides is 1. The van der Waals surface area contributed by atoms with Crippen molar-refractivity contribution in [2.45, 2.75) is 30.4 Å². The molecule has 0 fully saturated rings. The average molecular weight is 263 g/mol. The lowest BCUT2D eigenvalue weighted by Gasteiger charge is -2.06. The molecule has 0 saturated heterocycles. The number of rotatable bonds is 4. The zero-order valence-corrected chi connectivity index (χ0v) is 10.6. The van der Waals surface area contributed by atoms with Crippen LogP contribution < -0.4 is 5.14 Å². The van der Waals surface area contributed by atoms with Crippen molar-refractivity contribution in [2.24, 2.45) is 5.14 Å². The van der Waals surface area contributed by atoms with Gasteiger partial charge in [0.05, 0.1) is 0 Å². The molecular formula is C9H13NO4S2. The Morgan fingerprint density at radius 3 is 2.56 bits per heavy atom. The lowest BCUT2D eigenvalue weighted by Crippen LogP contribution is -2.10. The Kier molecular flexibility index (Phi) is 3.72. The standard InChI is InChI=1S/C9H13NO4S2/c1-3-5(2)6-4-7(16(10,13)14)15-8(6)9(11)12/h4-5H,3H2,1-2H3,(H,11,12)(H2,10,13,14). The molecule has 0 bridgehead atoms. The maximum absolute atomic E-state index is 11.1. The summed E-state index contributed by atoms with van der Waals surface area (Å²) in [6.07, 6.45) is 0.737. The van der Waals surface area contributed by atoms with E-state index in [0.29, 0.717) is 16.9 Å². The number of aromatic carboxylic acids is 1. The molecule has 0 amide bonds. The van der Waals surface area contributed by atoms with Gasteiger partial charge in [0.25, 0.3) is 0 Å². The van der Waals surface area contributed by atoms with E-state index in [1.54, 1.807) is 0 Å². The van der Waals surface area contributed by atoms with Crippen LogP contribution in [0.4, 0.5) is 0 Å². The van der Waals surface area contributed by atoms with E-state index in [1.165, 1.54) is 6.07 Å². The topological polar surface area (TPSA) is 97.5 Å². The molecule has 5 nitrogen and oxygen atoms in total. The summed E-state index contributed by atoms with van der Waals surface area (Å²) in [7, 11) is -3.82. The van der Waals surface area contributed by atoms with Crippen LogP contribution in [0.25, 0.3) is 0 Å². The average Bonchev–Trinajstić information content (AvgIpc) is 2.60. The third-order valence-electron chi connectivity index (χ3n) is 2.36. The summed E-state index contributed by atoms with van der Waals surface area (Å²) < 4.78 is 22.2. The number of primary sulfonamides is 1. The highest BCUT2D eigenvalue weighted by Crippen LogP contribution is 2.32. The van der Waals surface area contributed by atoms with Gasteiger partial charge in [-0.2, -0.15) is 0 Å². The van der Waals surface area contributed by atoms with E-state index in [1.807, 2.05) is 13.8 Å². The lowest BCUT2D eigenvalue weighted by molar-refractivity contribution is 0.0700. The Hall–Kier alpha value is -0.920. The van der Waals surface area contributed by atoms with E-state index in [0.717, 1.165) is 6.42 Å². The number of carboxylic acids is 1. The van der Waals surface area contributed by atoms with Gasteiger partial charge >= 0.3 is 5.97 Å². The number of carboxylic acid groups (broad SMARTS) is 1. The van der Waals surface area contributed by atoms with Crippen molar-refractivity contribution in [1.82, 2.24) is 0 Å². The Morgan fingerprint density at radius 1 is 1.62 bits per heavy atom. The zero-order chi connectivity index (χ0) is 12.5. The molecule has 1 aromatic rings. The Bertz CT molecular complexity index is 504. The third kappa shape index (κ3) is 2.60. The highest BCUT2D eigenvalue weighted by atomic mass is 32.2. The Labute approximate surface area is 98.0 Å². The molecule has 7 heteroatoms. The van der Waals surface area contributed by atoms with E-state index < -0.39 is 16.0 Å². The van der Waals surface area contributed by atoms with Crippen LogP contribution in [0.1, 0.15) is 41.4 Å². The summed E-state index contributed by atoms with van der Waals surface area (Å²) in [6.45, 7) is 3.76. The second-order valence-electron chi connectivity index (χ2n) is 3.51. The minimum Gasteiger partial charge on any atom is -0.477 e. The van der Waals surface area contributed by atoms with Gasteiger partial charge < -0.3 is 5.11 Å². The molecule has 1 rings (SSSR count). The smallest absolute Gasteiger partial charge is 0.346 e. The van der Waals surface area contributed by atoms with Crippen molar-refractivity contribution in [3.8, 4) is 0 Å². The van der Waals surface area contributed by atoms with Crippen LogP contribution in [0.2, 0.25) is 0 Å². The van der Waals surface area contributed by atoms with Gasteiger partial charge in [0.2, 0.25) is 10.0 Å². The summed E-state index contributed by atoms with van der Waals surface area (Å²) in [5, 5.41) is 13.9. The van der Waals surface area contributed by atoms with E-state index in [2.05, 4.69) is 0 Å². The van der Waals surface area contributed by atoms with Gasteiger partial charge in [0.1, 0.15) is 9.09 Å². The lowest BCUT2D eigenvalue weighted by atomic mass is 9.99. The summed E-state index contributed by atoms with van der Waals surface area (Å²) in [5.41, 5.74) is 0.532. The first-order valence-corrected chi connectivity index (χ1v) is 7.03. The number of nitrogens with two attached hydrogens (primary N) is 1. The SMILES string of the molecule is CCC(C)c1cc(S(N)(=O)=O)sc1C(=O)O. The van der Waals surface area contributed by atoms with Crippen molar-refractivity contribution in [2.75, 3.05) is 0 Å². The number of hydrogen-bond acceptors (Lipinski definition) is 4. The largest absolute Gasteiger partial charge is 0.477 e. The van der Waals surface area contributed by atoms with E-state index >= 15 is 0 Å². The Morgan fingerprint density at radius 2 is 2.19 bits per heavy atom. The van der Waals surface area contributed by atoms with Crippen LogP contribution in [0, 0.1) is 0 Å². The molecule has 1 atom stereocenters. The van der Waals surface area contributed by atoms with Crippen LogP contribution in [0.5, 0.6) is 0 Å². The first-order valence-electron chi connectivity index (χ1n) is 4.67. The minimum absolute atomic E-state index is 0.00199. The maximum atomic E-state index is 11.1. The van der Waals surface area contributed by atoms with E-state index in [9.17, 15) is 13.2 Å². The molecule has 1 unspecified atom stereocenters. The molecule has 0 aliphatic rings. The summed E-state index contributed by atoms with van der Waals surface area (Å²) in [5.74, 6) is -1.12. The molecule has 0 saturated carbocycles. The van der Waals surface area contributed by atoms with Crippen molar-refractivity contribution >= 4 is 27.3 Å². The summed E-state index contributed by atoms with van der Waals surface area (Å²) in [4.78, 5) is 11.0. The first kappa shape index (κ1) is 13.1. The quantitative estimate of drug-likeness (QED) is 0.862. The van der Waals surface area contributed by atoms with Crippen molar-refractivity contribution in [1.29, 1.82) is 0 Å². The molecule has 16 heavy (non-hydrogen) atoms. The van der Waals surface area contributed by atoms with Crippen LogP contribution in [0.15, 0.2) is 10.3 Å². The molecule has 0 aliphatic heterocycles. The van der Waals surface area contributed by atoms with Gasteiger partial charge in [-0.1, -0.05) is 13.8 Å². The highest BCUT2D eigenvalue weighted by Gasteiger charge is 2.23. The fourth-order valence-electron chi connectivity index (χ4n) is 1.27. The van der Waals surface area contributed by atoms with Crippen molar-refractivity contribution < 1.29 is 18.3 Å². The van der Waals surface area contributed by atoms with Gasteiger partial charge in [0.15, 0.2) is 0 Å². The normalized spacial score (nSPS) is 13.7. The zero-order valence-electron chi connectivity index (χ0n) is 8.93. The summed E-state index contributed by atoms with van der Waals surface area (Å²) in [6, 6.07) is 1.36. The molecule has 1 heterocycles. The number of carbonyl (C=O) groups is 1. The van der Waals surface area contributed by atoms with E-state index in [-0.39, 0.29) is 15.0 Å². The second kappa shape index (κ2) is 4.52. The van der Waals surface area contributed by atoms with Crippen LogP contribution in [-0.2, 0) is 10.0 Å².